The van der Waals surface area contributed by atoms with E-state index in [0.29, 0.717) is 0 Å². The molecule has 0 aromatic carbocycles. The van der Waals surface area contributed by atoms with Gasteiger partial charge in [0.2, 0.25) is 0 Å². The van der Waals surface area contributed by atoms with Gasteiger partial charge in [0.15, 0.2) is 11.6 Å². The van der Waals surface area contributed by atoms with Crippen molar-refractivity contribution in [3.05, 3.63) is 16.8 Å². The van der Waals surface area contributed by atoms with Crippen molar-refractivity contribution in [1.29, 1.82) is 0 Å². The summed E-state index contributed by atoms with van der Waals surface area (Å²) in [5.74, 6) is 1.77. The van der Waals surface area contributed by atoms with E-state index >= 15 is 0 Å². The second-order valence-corrected chi connectivity index (χ2v) is 5.24. The van der Waals surface area contributed by atoms with E-state index in [1.54, 1.807) is 11.3 Å². The molecule has 0 aliphatic heterocycles. The zero-order valence-electron chi connectivity index (χ0n) is 10.5. The zero-order valence-corrected chi connectivity index (χ0v) is 11.3. The SMILES string of the molecule is CCCc1nc(-c2cc(CC)sc2N)n(C)n1. The Morgan fingerprint density at radius 1 is 1.41 bits per heavy atom. The first-order chi connectivity index (χ1) is 8.15. The summed E-state index contributed by atoms with van der Waals surface area (Å²) in [4.78, 5) is 5.85. The molecule has 2 aromatic heterocycles. The van der Waals surface area contributed by atoms with E-state index in [1.165, 1.54) is 4.88 Å². The first-order valence-corrected chi connectivity index (χ1v) is 6.75. The topological polar surface area (TPSA) is 56.7 Å². The number of hydrogen-bond donors (Lipinski definition) is 1. The fraction of sp³-hybridized carbons (Fsp3) is 0.500. The number of hydrogen-bond acceptors (Lipinski definition) is 4. The minimum absolute atomic E-state index is 0.834. The molecule has 0 radical (unpaired) electrons. The molecule has 0 bridgehead atoms. The van der Waals surface area contributed by atoms with Crippen LogP contribution in [-0.4, -0.2) is 14.8 Å². The molecule has 2 rings (SSSR count). The molecule has 0 unspecified atom stereocenters. The number of aromatic nitrogens is 3. The number of nitrogen functional groups attached to an aromatic ring is 1. The smallest absolute Gasteiger partial charge is 0.161 e. The van der Waals surface area contributed by atoms with Gasteiger partial charge in [-0.2, -0.15) is 5.10 Å². The number of nitrogens with two attached hydrogens (primary N) is 1. The monoisotopic (exact) mass is 250 g/mol. The van der Waals surface area contributed by atoms with Crippen LogP contribution in [0.4, 0.5) is 5.00 Å². The van der Waals surface area contributed by atoms with Crippen molar-refractivity contribution in [3.8, 4) is 11.4 Å². The Labute approximate surface area is 105 Å². The summed E-state index contributed by atoms with van der Waals surface area (Å²) in [5.41, 5.74) is 7.06. The molecule has 2 heterocycles. The van der Waals surface area contributed by atoms with Crippen molar-refractivity contribution in [1.82, 2.24) is 14.8 Å². The minimum atomic E-state index is 0.834. The molecule has 4 nitrogen and oxygen atoms in total. The van der Waals surface area contributed by atoms with E-state index in [2.05, 4.69) is 30.0 Å². The Bertz CT molecular complexity index is 513. The Morgan fingerprint density at radius 3 is 2.76 bits per heavy atom. The maximum Gasteiger partial charge on any atom is 0.161 e. The van der Waals surface area contributed by atoms with Crippen LogP contribution in [-0.2, 0) is 19.9 Å². The summed E-state index contributed by atoms with van der Waals surface area (Å²) in [6.45, 7) is 4.26. The van der Waals surface area contributed by atoms with Crippen molar-refractivity contribution >= 4 is 16.3 Å². The Morgan fingerprint density at radius 2 is 2.18 bits per heavy atom. The molecule has 0 saturated carbocycles. The lowest BCUT2D eigenvalue weighted by atomic mass is 10.2. The van der Waals surface area contributed by atoms with Gasteiger partial charge in [-0.05, 0) is 18.9 Å². The summed E-state index contributed by atoms with van der Waals surface area (Å²) in [5, 5.41) is 5.24. The lowest BCUT2D eigenvalue weighted by molar-refractivity contribution is 0.738. The molecule has 17 heavy (non-hydrogen) atoms. The lowest BCUT2D eigenvalue weighted by Gasteiger charge is -1.97. The van der Waals surface area contributed by atoms with Gasteiger partial charge >= 0.3 is 0 Å². The van der Waals surface area contributed by atoms with Gasteiger partial charge in [-0.15, -0.1) is 11.3 Å². The van der Waals surface area contributed by atoms with Crippen LogP contribution in [0.2, 0.25) is 0 Å². The average Bonchev–Trinajstić information content (AvgIpc) is 2.82. The second-order valence-electron chi connectivity index (χ2n) is 4.07. The number of thiophene rings is 1. The van der Waals surface area contributed by atoms with Crippen LogP contribution in [0.5, 0.6) is 0 Å². The highest BCUT2D eigenvalue weighted by Crippen LogP contribution is 2.32. The van der Waals surface area contributed by atoms with Gasteiger partial charge in [0.1, 0.15) is 0 Å². The average molecular weight is 250 g/mol. The van der Waals surface area contributed by atoms with Gasteiger partial charge in [-0.1, -0.05) is 13.8 Å². The summed E-state index contributed by atoms with van der Waals surface area (Å²) >= 11 is 1.64. The molecule has 0 aliphatic rings. The molecule has 0 amide bonds. The quantitative estimate of drug-likeness (QED) is 0.907. The van der Waals surface area contributed by atoms with E-state index in [4.69, 9.17) is 5.73 Å². The Kier molecular flexibility index (Phi) is 3.47. The number of aryl methyl sites for hydroxylation is 3. The summed E-state index contributed by atoms with van der Waals surface area (Å²) in [6.07, 6.45) is 2.98. The summed E-state index contributed by atoms with van der Waals surface area (Å²) < 4.78 is 1.82. The van der Waals surface area contributed by atoms with Gasteiger partial charge in [-0.3, -0.25) is 0 Å². The van der Waals surface area contributed by atoms with Gasteiger partial charge in [0.25, 0.3) is 0 Å². The third-order valence-electron chi connectivity index (χ3n) is 2.68. The molecule has 5 heteroatoms. The molecule has 0 saturated heterocycles. The van der Waals surface area contributed by atoms with Gasteiger partial charge in [0, 0.05) is 18.3 Å². The lowest BCUT2D eigenvalue weighted by Crippen LogP contribution is -1.95. The molecule has 0 fully saturated rings. The van der Waals surface area contributed by atoms with E-state index in [1.807, 2.05) is 11.7 Å². The maximum atomic E-state index is 6.04. The predicted octanol–water partition coefficient (Wildman–Crippen LogP) is 2.64. The highest BCUT2D eigenvalue weighted by Gasteiger charge is 2.14. The highest BCUT2D eigenvalue weighted by molar-refractivity contribution is 7.16. The molecule has 0 spiro atoms. The van der Waals surface area contributed by atoms with Gasteiger partial charge in [-0.25, -0.2) is 9.67 Å². The van der Waals surface area contributed by atoms with Crippen LogP contribution in [0.3, 0.4) is 0 Å². The van der Waals surface area contributed by atoms with E-state index in [0.717, 1.165) is 41.5 Å². The Balaban J connectivity index is 2.41. The third kappa shape index (κ3) is 2.34. The van der Waals surface area contributed by atoms with E-state index in [9.17, 15) is 0 Å². The summed E-state index contributed by atoms with van der Waals surface area (Å²) in [6, 6.07) is 2.12. The first kappa shape index (κ1) is 12.1. The largest absolute Gasteiger partial charge is 0.390 e. The molecule has 2 aromatic rings. The molecule has 92 valence electrons. The van der Waals surface area contributed by atoms with Crippen molar-refractivity contribution in [3.63, 3.8) is 0 Å². The van der Waals surface area contributed by atoms with Crippen LogP contribution in [0.15, 0.2) is 6.07 Å². The van der Waals surface area contributed by atoms with Crippen molar-refractivity contribution in [2.75, 3.05) is 5.73 Å². The fourth-order valence-electron chi connectivity index (χ4n) is 1.81. The van der Waals surface area contributed by atoms with Crippen LogP contribution in [0, 0.1) is 0 Å². The molecular weight excluding hydrogens is 232 g/mol. The zero-order chi connectivity index (χ0) is 12.4. The predicted molar refractivity (Wildman–Crippen MR) is 72.1 cm³/mol. The second kappa shape index (κ2) is 4.87. The Hall–Kier alpha value is -1.36. The molecule has 2 N–H and O–H groups in total. The standard InChI is InChI=1S/C12H18N4S/c1-4-6-10-14-12(16(3)15-10)9-7-8(5-2)17-11(9)13/h7H,4-6,13H2,1-3H3. The number of anilines is 1. The van der Waals surface area contributed by atoms with Crippen LogP contribution in [0.1, 0.15) is 31.0 Å². The van der Waals surface area contributed by atoms with Crippen molar-refractivity contribution < 1.29 is 0 Å². The molecule has 0 aliphatic carbocycles. The fourth-order valence-corrected chi connectivity index (χ4v) is 2.67. The van der Waals surface area contributed by atoms with E-state index in [-0.39, 0.29) is 0 Å². The number of nitrogens with zero attached hydrogens (tertiary/aromatic N) is 3. The molecular formula is C12H18N4S. The maximum absolute atomic E-state index is 6.04. The first-order valence-electron chi connectivity index (χ1n) is 5.94. The van der Waals surface area contributed by atoms with Crippen molar-refractivity contribution in [2.45, 2.75) is 33.1 Å². The molecule has 0 atom stereocenters. The van der Waals surface area contributed by atoms with Gasteiger partial charge in [0.05, 0.1) is 10.6 Å². The van der Waals surface area contributed by atoms with Crippen LogP contribution >= 0.6 is 11.3 Å². The minimum Gasteiger partial charge on any atom is -0.390 e. The summed E-state index contributed by atoms with van der Waals surface area (Å²) in [7, 11) is 1.92. The third-order valence-corrected chi connectivity index (χ3v) is 3.79. The highest BCUT2D eigenvalue weighted by atomic mass is 32.1. The van der Waals surface area contributed by atoms with Crippen LogP contribution < -0.4 is 5.73 Å². The van der Waals surface area contributed by atoms with Gasteiger partial charge < -0.3 is 5.73 Å². The number of rotatable bonds is 4. The van der Waals surface area contributed by atoms with Crippen molar-refractivity contribution in [2.24, 2.45) is 7.05 Å². The normalized spacial score (nSPS) is 11.0. The van der Waals surface area contributed by atoms with Crippen LogP contribution in [0.25, 0.3) is 11.4 Å². The van der Waals surface area contributed by atoms with E-state index < -0.39 is 0 Å².